The standard InChI is InChI=1S/C26H29ClN2O3S/c1-18(19-7-3-2-4-8-19)29(26(31)20-9-5-6-10-20)14-21-13-22(27)11-12-24(21)32-16-25-28-23(15-30)17-33-25/h2-4,7-8,11-13,17-18,20,30H,5-6,9-10,14-16H2,1H3. The van der Waals surface area contributed by atoms with Crippen LogP contribution in [-0.4, -0.2) is 20.9 Å². The van der Waals surface area contributed by atoms with Crippen molar-refractivity contribution in [2.45, 2.75) is 58.4 Å². The van der Waals surface area contributed by atoms with Crippen molar-refractivity contribution < 1.29 is 14.6 Å². The molecule has 4 rings (SSSR count). The molecule has 1 fully saturated rings. The highest BCUT2D eigenvalue weighted by Gasteiger charge is 2.31. The van der Waals surface area contributed by atoms with Crippen molar-refractivity contribution in [3.05, 3.63) is 80.8 Å². The Balaban J connectivity index is 1.59. The molecule has 1 aliphatic carbocycles. The molecule has 1 N–H and O–H groups in total. The van der Waals surface area contributed by atoms with Crippen LogP contribution < -0.4 is 4.74 Å². The summed E-state index contributed by atoms with van der Waals surface area (Å²) in [5.74, 6) is 0.957. The summed E-state index contributed by atoms with van der Waals surface area (Å²) in [5, 5.41) is 12.5. The first-order valence-electron chi connectivity index (χ1n) is 11.4. The lowest BCUT2D eigenvalue weighted by Crippen LogP contribution is -2.37. The van der Waals surface area contributed by atoms with E-state index >= 15 is 0 Å². The summed E-state index contributed by atoms with van der Waals surface area (Å²) in [6, 6.07) is 15.6. The molecular weight excluding hydrogens is 456 g/mol. The number of aliphatic hydroxyl groups is 1. The van der Waals surface area contributed by atoms with Gasteiger partial charge in [0.15, 0.2) is 0 Å². The number of carbonyl (C=O) groups is 1. The van der Waals surface area contributed by atoms with E-state index in [1.807, 2.05) is 40.6 Å². The molecule has 33 heavy (non-hydrogen) atoms. The molecule has 1 amide bonds. The summed E-state index contributed by atoms with van der Waals surface area (Å²) in [4.78, 5) is 19.9. The first-order chi connectivity index (χ1) is 16.0. The normalized spacial score (nSPS) is 14.9. The fourth-order valence-corrected chi connectivity index (χ4v) is 5.24. The largest absolute Gasteiger partial charge is 0.486 e. The number of hydrogen-bond acceptors (Lipinski definition) is 5. The second-order valence-electron chi connectivity index (χ2n) is 8.47. The fourth-order valence-electron chi connectivity index (χ4n) is 4.35. The molecule has 0 bridgehead atoms. The van der Waals surface area contributed by atoms with E-state index in [4.69, 9.17) is 16.3 Å². The van der Waals surface area contributed by atoms with Gasteiger partial charge < -0.3 is 14.7 Å². The van der Waals surface area contributed by atoms with Gasteiger partial charge in [-0.25, -0.2) is 4.98 Å². The van der Waals surface area contributed by atoms with E-state index in [1.165, 1.54) is 11.3 Å². The molecule has 5 nitrogen and oxygen atoms in total. The van der Waals surface area contributed by atoms with Gasteiger partial charge in [0, 0.05) is 28.4 Å². The fraction of sp³-hybridized carbons (Fsp3) is 0.385. The zero-order chi connectivity index (χ0) is 23.2. The van der Waals surface area contributed by atoms with Crippen LogP contribution in [0, 0.1) is 5.92 Å². The van der Waals surface area contributed by atoms with E-state index in [1.54, 1.807) is 6.07 Å². The van der Waals surface area contributed by atoms with Gasteiger partial charge >= 0.3 is 0 Å². The van der Waals surface area contributed by atoms with Gasteiger partial charge in [0.1, 0.15) is 17.4 Å². The lowest BCUT2D eigenvalue weighted by atomic mass is 10.0. The van der Waals surface area contributed by atoms with Gasteiger partial charge in [-0.05, 0) is 43.5 Å². The highest BCUT2D eigenvalue weighted by Crippen LogP contribution is 2.34. The number of rotatable bonds is 9. The monoisotopic (exact) mass is 484 g/mol. The summed E-state index contributed by atoms with van der Waals surface area (Å²) < 4.78 is 6.10. The molecule has 7 heteroatoms. The number of hydrogen-bond donors (Lipinski definition) is 1. The number of benzene rings is 2. The Labute approximate surface area is 204 Å². The van der Waals surface area contributed by atoms with Gasteiger partial charge in [-0.3, -0.25) is 4.79 Å². The number of carbonyl (C=O) groups excluding carboxylic acids is 1. The van der Waals surface area contributed by atoms with Crippen LogP contribution >= 0.6 is 22.9 Å². The minimum atomic E-state index is -0.0850. The van der Waals surface area contributed by atoms with Crippen molar-refractivity contribution >= 4 is 28.8 Å². The van der Waals surface area contributed by atoms with E-state index in [0.717, 1.165) is 41.8 Å². The Hall–Kier alpha value is -2.41. The third-order valence-electron chi connectivity index (χ3n) is 6.21. The summed E-state index contributed by atoms with van der Waals surface area (Å²) in [5.41, 5.74) is 2.61. The summed E-state index contributed by atoms with van der Waals surface area (Å²) >= 11 is 7.80. The zero-order valence-corrected chi connectivity index (χ0v) is 20.3. The number of thiazole rings is 1. The van der Waals surface area contributed by atoms with Gasteiger partial charge in [0.2, 0.25) is 5.91 Å². The molecule has 2 aromatic carbocycles. The number of aromatic nitrogens is 1. The Morgan fingerprint density at radius 1 is 1.24 bits per heavy atom. The summed E-state index contributed by atoms with van der Waals surface area (Å²) in [7, 11) is 0. The highest BCUT2D eigenvalue weighted by atomic mass is 35.5. The van der Waals surface area contributed by atoms with Crippen molar-refractivity contribution in [1.82, 2.24) is 9.88 Å². The predicted molar refractivity (Wildman–Crippen MR) is 131 cm³/mol. The SMILES string of the molecule is CC(c1ccccc1)N(Cc1cc(Cl)ccc1OCc1nc(CO)cs1)C(=O)C1CCCC1. The Kier molecular flexibility index (Phi) is 8.02. The van der Waals surface area contributed by atoms with E-state index in [0.29, 0.717) is 29.6 Å². The number of ether oxygens (including phenoxy) is 1. The van der Waals surface area contributed by atoms with E-state index < -0.39 is 0 Å². The van der Waals surface area contributed by atoms with Gasteiger partial charge in [-0.15, -0.1) is 11.3 Å². The van der Waals surface area contributed by atoms with E-state index in [2.05, 4.69) is 24.0 Å². The molecule has 174 valence electrons. The van der Waals surface area contributed by atoms with Crippen molar-refractivity contribution in [3.8, 4) is 5.75 Å². The molecule has 0 radical (unpaired) electrons. The van der Waals surface area contributed by atoms with Crippen LogP contribution in [0.1, 0.15) is 60.5 Å². The van der Waals surface area contributed by atoms with Crippen LogP contribution in [-0.2, 0) is 24.6 Å². The number of aliphatic hydroxyl groups excluding tert-OH is 1. The van der Waals surface area contributed by atoms with Gasteiger partial charge in [0.25, 0.3) is 0 Å². The second-order valence-corrected chi connectivity index (χ2v) is 9.84. The van der Waals surface area contributed by atoms with Crippen molar-refractivity contribution in [1.29, 1.82) is 0 Å². The maximum atomic E-state index is 13.6. The van der Waals surface area contributed by atoms with Crippen LogP contribution in [0.4, 0.5) is 0 Å². The van der Waals surface area contributed by atoms with Gasteiger partial charge in [-0.2, -0.15) is 0 Å². The third kappa shape index (κ3) is 5.94. The van der Waals surface area contributed by atoms with Crippen molar-refractivity contribution in [2.75, 3.05) is 0 Å². The molecule has 1 saturated carbocycles. The zero-order valence-electron chi connectivity index (χ0n) is 18.7. The maximum Gasteiger partial charge on any atom is 0.226 e. The van der Waals surface area contributed by atoms with Crippen LogP contribution in [0.3, 0.4) is 0 Å². The molecule has 1 heterocycles. The molecule has 0 aliphatic heterocycles. The Morgan fingerprint density at radius 3 is 2.70 bits per heavy atom. The van der Waals surface area contributed by atoms with E-state index in [-0.39, 0.29) is 24.5 Å². The highest BCUT2D eigenvalue weighted by molar-refractivity contribution is 7.09. The number of halogens is 1. The van der Waals surface area contributed by atoms with Crippen molar-refractivity contribution in [3.63, 3.8) is 0 Å². The van der Waals surface area contributed by atoms with Crippen LogP contribution in [0.25, 0.3) is 0 Å². The number of nitrogens with zero attached hydrogens (tertiary/aromatic N) is 2. The lowest BCUT2D eigenvalue weighted by molar-refractivity contribution is -0.138. The maximum absolute atomic E-state index is 13.6. The molecule has 1 aromatic heterocycles. The van der Waals surface area contributed by atoms with Gasteiger partial charge in [-0.1, -0.05) is 54.8 Å². The predicted octanol–water partition coefficient (Wildman–Crippen LogP) is 6.15. The molecule has 0 spiro atoms. The molecule has 1 aliphatic rings. The van der Waals surface area contributed by atoms with Crippen LogP contribution in [0.5, 0.6) is 5.75 Å². The molecule has 1 unspecified atom stereocenters. The minimum Gasteiger partial charge on any atom is -0.486 e. The van der Waals surface area contributed by atoms with Crippen LogP contribution in [0.15, 0.2) is 53.9 Å². The lowest BCUT2D eigenvalue weighted by Gasteiger charge is -2.32. The summed E-state index contributed by atoms with van der Waals surface area (Å²) in [6.07, 6.45) is 4.12. The van der Waals surface area contributed by atoms with E-state index in [9.17, 15) is 9.90 Å². The smallest absolute Gasteiger partial charge is 0.226 e. The molecular formula is C26H29ClN2O3S. The average Bonchev–Trinajstić information content (AvgIpc) is 3.54. The molecule has 3 aromatic rings. The summed E-state index contributed by atoms with van der Waals surface area (Å²) in [6.45, 7) is 2.71. The first-order valence-corrected chi connectivity index (χ1v) is 12.6. The Morgan fingerprint density at radius 2 is 2.00 bits per heavy atom. The topological polar surface area (TPSA) is 62.7 Å². The third-order valence-corrected chi connectivity index (χ3v) is 7.32. The average molecular weight is 485 g/mol. The molecule has 1 atom stereocenters. The minimum absolute atomic E-state index is 0.0720. The first kappa shape index (κ1) is 23.7. The van der Waals surface area contributed by atoms with Gasteiger partial charge in [0.05, 0.1) is 18.3 Å². The van der Waals surface area contributed by atoms with Crippen LogP contribution in [0.2, 0.25) is 5.02 Å². The quantitative estimate of drug-likeness (QED) is 0.395. The van der Waals surface area contributed by atoms with Crippen molar-refractivity contribution in [2.24, 2.45) is 5.92 Å². The molecule has 0 saturated heterocycles. The second kappa shape index (κ2) is 11.1. The Bertz CT molecular complexity index is 1070. The number of amides is 1.